The zero-order valence-electron chi connectivity index (χ0n) is 8.99. The second kappa shape index (κ2) is 4.46. The van der Waals surface area contributed by atoms with E-state index >= 15 is 0 Å². The van der Waals surface area contributed by atoms with Gasteiger partial charge in [-0.05, 0) is 6.07 Å². The summed E-state index contributed by atoms with van der Waals surface area (Å²) in [5, 5.41) is 13.4. The summed E-state index contributed by atoms with van der Waals surface area (Å²) in [5.41, 5.74) is 5.94. The van der Waals surface area contributed by atoms with Gasteiger partial charge in [-0.15, -0.1) is 0 Å². The molecule has 17 heavy (non-hydrogen) atoms. The highest BCUT2D eigenvalue weighted by molar-refractivity contribution is 7.99. The number of carboxylic acids is 1. The number of hydrogen-bond donors (Lipinski definition) is 2. The van der Waals surface area contributed by atoms with Gasteiger partial charge < -0.3 is 10.8 Å². The lowest BCUT2D eigenvalue weighted by Gasteiger charge is -2.03. The van der Waals surface area contributed by atoms with Crippen molar-refractivity contribution >= 4 is 23.4 Å². The molecule has 2 aromatic rings. The first kappa shape index (κ1) is 11.5. The third-order valence-electron chi connectivity index (χ3n) is 2.00. The van der Waals surface area contributed by atoms with Gasteiger partial charge in [0, 0.05) is 13.2 Å². The van der Waals surface area contributed by atoms with Crippen LogP contribution in [0.4, 0.5) is 5.69 Å². The van der Waals surface area contributed by atoms with Crippen LogP contribution in [0.1, 0.15) is 10.4 Å². The van der Waals surface area contributed by atoms with E-state index in [0.717, 1.165) is 4.90 Å². The van der Waals surface area contributed by atoms with Crippen LogP contribution in [-0.4, -0.2) is 25.8 Å². The van der Waals surface area contributed by atoms with Crippen molar-refractivity contribution in [1.82, 2.24) is 14.8 Å². The first-order chi connectivity index (χ1) is 8.06. The third kappa shape index (κ3) is 2.56. The predicted molar refractivity (Wildman–Crippen MR) is 62.9 cm³/mol. The maximum atomic E-state index is 11.0. The fraction of sp³-hybridized carbons (Fsp3) is 0.100. The molecule has 0 atom stereocenters. The van der Waals surface area contributed by atoms with Gasteiger partial charge in [0.2, 0.25) is 0 Å². The number of nitrogens with zero attached hydrogens (tertiary/aromatic N) is 3. The van der Waals surface area contributed by atoms with Gasteiger partial charge in [-0.2, -0.15) is 5.10 Å². The van der Waals surface area contributed by atoms with Gasteiger partial charge >= 0.3 is 5.97 Å². The van der Waals surface area contributed by atoms with Gasteiger partial charge in [0.05, 0.1) is 28.5 Å². The monoisotopic (exact) mass is 250 g/mol. The number of pyridine rings is 1. The molecule has 3 N–H and O–H groups in total. The SMILES string of the molecule is Cn1cc(Sc2ncc(N)cc2C(=O)O)cn1. The van der Waals surface area contributed by atoms with Gasteiger partial charge in [-0.3, -0.25) is 4.68 Å². The Balaban J connectivity index is 2.35. The van der Waals surface area contributed by atoms with E-state index in [-0.39, 0.29) is 5.56 Å². The van der Waals surface area contributed by atoms with Crippen LogP contribution in [-0.2, 0) is 7.05 Å². The number of aryl methyl sites for hydroxylation is 1. The van der Waals surface area contributed by atoms with Gasteiger partial charge in [0.25, 0.3) is 0 Å². The number of aromatic carboxylic acids is 1. The minimum absolute atomic E-state index is 0.0962. The van der Waals surface area contributed by atoms with Gasteiger partial charge in [-0.1, -0.05) is 11.8 Å². The number of carbonyl (C=O) groups is 1. The average Bonchev–Trinajstić information content (AvgIpc) is 2.66. The largest absolute Gasteiger partial charge is 0.478 e. The molecular formula is C10H10N4O2S. The van der Waals surface area contributed by atoms with Crippen LogP contribution in [0.25, 0.3) is 0 Å². The summed E-state index contributed by atoms with van der Waals surface area (Å²) in [4.78, 5) is 15.9. The second-order valence-electron chi connectivity index (χ2n) is 3.38. The fourth-order valence-electron chi connectivity index (χ4n) is 1.27. The quantitative estimate of drug-likeness (QED) is 0.851. The molecule has 0 bridgehead atoms. The highest BCUT2D eigenvalue weighted by atomic mass is 32.2. The molecule has 6 nitrogen and oxygen atoms in total. The van der Waals surface area contributed by atoms with Crippen LogP contribution >= 0.6 is 11.8 Å². The van der Waals surface area contributed by atoms with Crippen molar-refractivity contribution in [1.29, 1.82) is 0 Å². The molecular weight excluding hydrogens is 240 g/mol. The molecule has 0 aliphatic rings. The molecule has 2 rings (SSSR count). The molecule has 2 aromatic heterocycles. The summed E-state index contributed by atoms with van der Waals surface area (Å²) in [6.07, 6.45) is 4.87. The second-order valence-corrected chi connectivity index (χ2v) is 4.44. The Hall–Kier alpha value is -2.02. The van der Waals surface area contributed by atoms with E-state index in [2.05, 4.69) is 10.1 Å². The van der Waals surface area contributed by atoms with Gasteiger partial charge in [0.1, 0.15) is 5.03 Å². The number of anilines is 1. The zero-order chi connectivity index (χ0) is 12.4. The van der Waals surface area contributed by atoms with E-state index in [1.54, 1.807) is 24.1 Å². The molecule has 7 heteroatoms. The normalized spacial score (nSPS) is 10.4. The highest BCUT2D eigenvalue weighted by Crippen LogP contribution is 2.29. The molecule has 0 fully saturated rings. The lowest BCUT2D eigenvalue weighted by molar-refractivity contribution is 0.0692. The van der Waals surface area contributed by atoms with Crippen molar-refractivity contribution in [3.63, 3.8) is 0 Å². The molecule has 0 spiro atoms. The summed E-state index contributed by atoms with van der Waals surface area (Å²) in [5.74, 6) is -1.05. The lowest BCUT2D eigenvalue weighted by atomic mass is 10.3. The van der Waals surface area contributed by atoms with Crippen molar-refractivity contribution in [2.45, 2.75) is 9.92 Å². The molecule has 0 aliphatic heterocycles. The first-order valence-corrected chi connectivity index (χ1v) is 5.53. The number of aromatic nitrogens is 3. The first-order valence-electron chi connectivity index (χ1n) is 4.71. The van der Waals surface area contributed by atoms with E-state index in [1.807, 2.05) is 0 Å². The Labute approximate surface area is 101 Å². The van der Waals surface area contributed by atoms with Crippen LogP contribution < -0.4 is 5.73 Å². The van der Waals surface area contributed by atoms with Crippen molar-refractivity contribution in [3.8, 4) is 0 Å². The summed E-state index contributed by atoms with van der Waals surface area (Å²) in [7, 11) is 1.79. The smallest absolute Gasteiger partial charge is 0.338 e. The molecule has 0 aliphatic carbocycles. The number of hydrogen-bond acceptors (Lipinski definition) is 5. The summed E-state index contributed by atoms with van der Waals surface area (Å²) < 4.78 is 1.64. The Morgan fingerprint density at radius 3 is 2.88 bits per heavy atom. The summed E-state index contributed by atoms with van der Waals surface area (Å²) >= 11 is 1.24. The molecule has 0 aromatic carbocycles. The number of nitrogen functional groups attached to an aromatic ring is 1. The minimum atomic E-state index is -1.05. The Kier molecular flexibility index (Phi) is 3.01. The summed E-state index contributed by atoms with van der Waals surface area (Å²) in [6.45, 7) is 0. The molecule has 0 radical (unpaired) electrons. The lowest BCUT2D eigenvalue weighted by Crippen LogP contribution is -2.02. The standard InChI is InChI=1S/C10H10N4O2S/c1-14-5-7(4-13-14)17-9-8(10(15)16)2-6(11)3-12-9/h2-5H,11H2,1H3,(H,15,16). The van der Waals surface area contributed by atoms with Crippen molar-refractivity contribution in [2.75, 3.05) is 5.73 Å². The number of rotatable bonds is 3. The van der Waals surface area contributed by atoms with E-state index in [1.165, 1.54) is 24.0 Å². The molecule has 0 saturated carbocycles. The van der Waals surface area contributed by atoms with E-state index in [0.29, 0.717) is 10.7 Å². The number of nitrogens with two attached hydrogens (primary N) is 1. The van der Waals surface area contributed by atoms with Crippen LogP contribution in [0.3, 0.4) is 0 Å². The predicted octanol–water partition coefficient (Wildman–Crippen LogP) is 1.25. The Bertz CT molecular complexity index is 567. The van der Waals surface area contributed by atoms with E-state index in [9.17, 15) is 4.79 Å². The molecule has 2 heterocycles. The van der Waals surface area contributed by atoms with E-state index < -0.39 is 5.97 Å². The zero-order valence-corrected chi connectivity index (χ0v) is 9.81. The van der Waals surface area contributed by atoms with Crippen molar-refractivity contribution in [2.24, 2.45) is 7.05 Å². The minimum Gasteiger partial charge on any atom is -0.478 e. The molecule has 0 saturated heterocycles. The Morgan fingerprint density at radius 1 is 1.53 bits per heavy atom. The van der Waals surface area contributed by atoms with E-state index in [4.69, 9.17) is 10.8 Å². The van der Waals surface area contributed by atoms with Gasteiger partial charge in [0.15, 0.2) is 0 Å². The Morgan fingerprint density at radius 2 is 2.29 bits per heavy atom. The fourth-order valence-corrected chi connectivity index (χ4v) is 2.16. The van der Waals surface area contributed by atoms with Crippen LogP contribution in [0.15, 0.2) is 34.6 Å². The van der Waals surface area contributed by atoms with Gasteiger partial charge in [-0.25, -0.2) is 9.78 Å². The topological polar surface area (TPSA) is 94.0 Å². The third-order valence-corrected chi connectivity index (χ3v) is 2.96. The molecule has 88 valence electrons. The average molecular weight is 250 g/mol. The highest BCUT2D eigenvalue weighted by Gasteiger charge is 2.13. The van der Waals surface area contributed by atoms with Crippen molar-refractivity contribution in [3.05, 3.63) is 30.2 Å². The molecule has 0 unspecified atom stereocenters. The van der Waals surface area contributed by atoms with Crippen LogP contribution in [0, 0.1) is 0 Å². The summed E-state index contributed by atoms with van der Waals surface area (Å²) in [6, 6.07) is 1.40. The van der Waals surface area contributed by atoms with Crippen molar-refractivity contribution < 1.29 is 9.90 Å². The van der Waals surface area contributed by atoms with Crippen LogP contribution in [0.5, 0.6) is 0 Å². The number of carboxylic acid groups (broad SMARTS) is 1. The maximum Gasteiger partial charge on any atom is 0.338 e. The van der Waals surface area contributed by atoms with Crippen LogP contribution in [0.2, 0.25) is 0 Å². The molecule has 0 amide bonds. The maximum absolute atomic E-state index is 11.0.